The second kappa shape index (κ2) is 10.6. The van der Waals surface area contributed by atoms with Gasteiger partial charge in [-0.3, -0.25) is 9.69 Å². The minimum atomic E-state index is -1.83. The van der Waals surface area contributed by atoms with E-state index in [0.29, 0.717) is 11.7 Å². The predicted octanol–water partition coefficient (Wildman–Crippen LogP) is 5.00. The van der Waals surface area contributed by atoms with Crippen LogP contribution in [0.3, 0.4) is 0 Å². The van der Waals surface area contributed by atoms with Crippen LogP contribution >= 0.6 is 23.1 Å². The number of esters is 1. The first-order valence-electron chi connectivity index (χ1n) is 12.5. The van der Waals surface area contributed by atoms with Gasteiger partial charge in [0.25, 0.3) is 0 Å². The lowest BCUT2D eigenvalue weighted by molar-refractivity contribution is -0.163. The Labute approximate surface area is 223 Å². The number of amides is 1. The summed E-state index contributed by atoms with van der Waals surface area (Å²) in [6, 6.07) is 0.261. The van der Waals surface area contributed by atoms with Crippen molar-refractivity contribution < 1.29 is 18.8 Å². The Morgan fingerprint density at radius 1 is 1.39 bits per heavy atom. The van der Waals surface area contributed by atoms with E-state index in [-0.39, 0.29) is 36.5 Å². The van der Waals surface area contributed by atoms with E-state index >= 15 is 0 Å². The van der Waals surface area contributed by atoms with Gasteiger partial charge in [0.2, 0.25) is 5.91 Å². The molecule has 1 fully saturated rings. The zero-order chi connectivity index (χ0) is 26.4. The molecule has 4 rings (SSSR count). The smallest absolute Gasteiger partial charge is 0.356 e. The standard InChI is InChI=1S/C26H37N3O4S2Si/c1-9-12-32-25(31)22-23(16(3)21-20(24(30)29(21)22)17(4)33-36(6,7)8)35-26-27-19(14-34-26)18-10-11-28(5)15(2)13-18/h9,13-17,20-21H,1,10-12H2,2-8H3/t15-,16+,17+,20+,21+/m0/s1. The molecular formula is C26H37N3O4S2Si. The minimum Gasteiger partial charge on any atom is -0.457 e. The van der Waals surface area contributed by atoms with Gasteiger partial charge < -0.3 is 14.1 Å². The molecule has 0 bridgehead atoms. The average molecular weight is 548 g/mol. The lowest BCUT2D eigenvalue weighted by Gasteiger charge is -2.48. The number of thioether (sulfide) groups is 1. The topological polar surface area (TPSA) is 72.0 Å². The lowest BCUT2D eigenvalue weighted by Crippen LogP contribution is -2.64. The highest BCUT2D eigenvalue weighted by molar-refractivity contribution is 8.04. The van der Waals surface area contributed by atoms with Crippen molar-refractivity contribution in [1.82, 2.24) is 14.8 Å². The van der Waals surface area contributed by atoms with Gasteiger partial charge in [-0.2, -0.15) is 0 Å². The zero-order valence-corrected chi connectivity index (χ0v) is 24.9. The number of β-lactam (4-membered cyclic amide) rings is 1. The van der Waals surface area contributed by atoms with Crippen molar-refractivity contribution in [3.8, 4) is 0 Å². The quantitative estimate of drug-likeness (QED) is 0.186. The monoisotopic (exact) mass is 547 g/mol. The van der Waals surface area contributed by atoms with E-state index < -0.39 is 14.3 Å². The first-order chi connectivity index (χ1) is 16.9. The van der Waals surface area contributed by atoms with Gasteiger partial charge in [0, 0.05) is 28.8 Å². The van der Waals surface area contributed by atoms with Crippen LogP contribution in [0.5, 0.6) is 0 Å². The molecule has 0 radical (unpaired) electrons. The number of carbonyl (C=O) groups is 2. The molecule has 0 aliphatic carbocycles. The number of hydrogen-bond donors (Lipinski definition) is 0. The van der Waals surface area contributed by atoms with Crippen molar-refractivity contribution in [2.24, 2.45) is 11.8 Å². The van der Waals surface area contributed by atoms with Crippen LogP contribution < -0.4 is 0 Å². The van der Waals surface area contributed by atoms with Crippen LogP contribution in [-0.2, 0) is 18.8 Å². The molecule has 1 aromatic heterocycles. The van der Waals surface area contributed by atoms with Gasteiger partial charge in [0.15, 0.2) is 12.7 Å². The highest BCUT2D eigenvalue weighted by atomic mass is 32.2. The lowest BCUT2D eigenvalue weighted by atomic mass is 9.79. The Hall–Kier alpha value is -1.72. The summed E-state index contributed by atoms with van der Waals surface area (Å²) in [7, 11) is 0.306. The van der Waals surface area contributed by atoms with Crippen molar-refractivity contribution in [1.29, 1.82) is 0 Å². The molecular weight excluding hydrogens is 511 g/mol. The van der Waals surface area contributed by atoms with Crippen LogP contribution in [0.1, 0.15) is 32.9 Å². The maximum Gasteiger partial charge on any atom is 0.356 e. The molecule has 36 heavy (non-hydrogen) atoms. The molecule has 3 aliphatic rings. The summed E-state index contributed by atoms with van der Waals surface area (Å²) in [4.78, 5) is 36.2. The molecule has 1 saturated heterocycles. The third kappa shape index (κ3) is 5.29. The van der Waals surface area contributed by atoms with Gasteiger partial charge in [-0.15, -0.1) is 11.3 Å². The summed E-state index contributed by atoms with van der Waals surface area (Å²) in [6.45, 7) is 17.4. The van der Waals surface area contributed by atoms with Gasteiger partial charge in [0.05, 0.1) is 23.8 Å². The van der Waals surface area contributed by atoms with E-state index in [2.05, 4.69) is 63.5 Å². The maximum atomic E-state index is 13.3. The summed E-state index contributed by atoms with van der Waals surface area (Å²) in [6.07, 6.45) is 4.58. The molecule has 1 amide bonds. The number of carbonyl (C=O) groups excluding carboxylic acids is 2. The molecule has 196 valence electrons. The first kappa shape index (κ1) is 27.3. The summed E-state index contributed by atoms with van der Waals surface area (Å²) in [5.74, 6) is -0.846. The van der Waals surface area contributed by atoms with Gasteiger partial charge in [-0.25, -0.2) is 9.78 Å². The minimum absolute atomic E-state index is 0.0217. The van der Waals surface area contributed by atoms with E-state index in [4.69, 9.17) is 14.1 Å². The van der Waals surface area contributed by atoms with Gasteiger partial charge in [-0.1, -0.05) is 37.4 Å². The molecule has 0 spiro atoms. The Bertz CT molecular complexity index is 1110. The normalized spacial score (nSPS) is 27.5. The van der Waals surface area contributed by atoms with Crippen LogP contribution in [-0.4, -0.2) is 73.4 Å². The molecule has 1 aromatic rings. The van der Waals surface area contributed by atoms with Crippen molar-refractivity contribution in [3.63, 3.8) is 0 Å². The third-order valence-electron chi connectivity index (χ3n) is 7.04. The molecule has 0 saturated carbocycles. The summed E-state index contributed by atoms with van der Waals surface area (Å²) < 4.78 is 12.6. The van der Waals surface area contributed by atoms with E-state index in [1.807, 2.05) is 6.92 Å². The fourth-order valence-corrected chi connectivity index (χ4v) is 8.60. The Kier molecular flexibility index (Phi) is 8.02. The Balaban J connectivity index is 1.61. The number of nitrogens with zero attached hydrogens (tertiary/aromatic N) is 3. The molecule has 7 nitrogen and oxygen atoms in total. The largest absolute Gasteiger partial charge is 0.457 e. The molecule has 0 N–H and O–H groups in total. The summed E-state index contributed by atoms with van der Waals surface area (Å²) in [5.41, 5.74) is 2.61. The number of ether oxygens (including phenoxy) is 1. The SMILES string of the molecule is C=CCOC(=O)C1=C(Sc2nc(C3=C[C@H](C)N(C)CC3)cs2)[C@H](C)[C@@H]2[C@@H]([C@@H](C)O[Si](C)(C)C)C(=O)N12. The predicted molar refractivity (Wildman–Crippen MR) is 148 cm³/mol. The second-order valence-electron chi connectivity index (χ2n) is 10.8. The molecule has 0 unspecified atom stereocenters. The molecule has 5 atom stereocenters. The van der Waals surface area contributed by atoms with Crippen LogP contribution in [0.25, 0.3) is 5.57 Å². The fourth-order valence-electron chi connectivity index (χ4n) is 5.23. The van der Waals surface area contributed by atoms with Gasteiger partial charge >= 0.3 is 5.97 Å². The summed E-state index contributed by atoms with van der Waals surface area (Å²) >= 11 is 3.07. The molecule has 3 aliphatic heterocycles. The highest BCUT2D eigenvalue weighted by Crippen LogP contribution is 2.53. The van der Waals surface area contributed by atoms with Crippen LogP contribution in [0.2, 0.25) is 19.6 Å². The van der Waals surface area contributed by atoms with Crippen molar-refractivity contribution in [2.75, 3.05) is 20.2 Å². The van der Waals surface area contributed by atoms with Gasteiger partial charge in [-0.05, 0) is 52.5 Å². The van der Waals surface area contributed by atoms with E-state index in [1.54, 1.807) is 16.2 Å². The molecule has 10 heteroatoms. The van der Waals surface area contributed by atoms with E-state index in [1.165, 1.54) is 23.4 Å². The number of aromatic nitrogens is 1. The summed E-state index contributed by atoms with van der Waals surface area (Å²) in [5, 5.41) is 2.09. The van der Waals surface area contributed by atoms with Crippen molar-refractivity contribution >= 4 is 48.9 Å². The second-order valence-corrected chi connectivity index (χ2v) is 17.4. The van der Waals surface area contributed by atoms with Gasteiger partial charge in [0.1, 0.15) is 12.3 Å². The van der Waals surface area contributed by atoms with Crippen LogP contribution in [0.4, 0.5) is 0 Å². The van der Waals surface area contributed by atoms with Crippen molar-refractivity contribution in [2.45, 2.75) is 69.4 Å². The van der Waals surface area contributed by atoms with Crippen LogP contribution in [0, 0.1) is 11.8 Å². The first-order valence-corrected chi connectivity index (χ1v) is 17.6. The number of rotatable bonds is 9. The van der Waals surface area contributed by atoms with Crippen molar-refractivity contribution in [3.05, 3.63) is 40.4 Å². The van der Waals surface area contributed by atoms with Crippen LogP contribution in [0.15, 0.2) is 39.1 Å². The highest BCUT2D eigenvalue weighted by Gasteiger charge is 2.61. The zero-order valence-electron chi connectivity index (χ0n) is 22.2. The number of thiazole rings is 1. The number of likely N-dealkylation sites (N-methyl/N-ethyl adjacent to an activating group) is 1. The third-order valence-corrected chi connectivity index (χ3v) is 10.3. The number of hydrogen-bond acceptors (Lipinski definition) is 8. The Morgan fingerprint density at radius 3 is 2.75 bits per heavy atom. The van der Waals surface area contributed by atoms with E-state index in [9.17, 15) is 9.59 Å². The molecule has 4 heterocycles. The fraction of sp³-hybridized carbons (Fsp3) is 0.577. The average Bonchev–Trinajstić information content (AvgIpc) is 3.35. The Morgan fingerprint density at radius 2 is 2.11 bits per heavy atom. The number of fused-ring (bicyclic) bond motifs is 1. The molecule has 0 aromatic carbocycles. The maximum absolute atomic E-state index is 13.3. The van der Waals surface area contributed by atoms with E-state index in [0.717, 1.165) is 27.9 Å².